The molecule has 8 heteroatoms. The number of halogens is 1. The van der Waals surface area contributed by atoms with E-state index in [1.807, 2.05) is 42.5 Å². The minimum absolute atomic E-state index is 0.126. The van der Waals surface area contributed by atoms with Crippen molar-refractivity contribution in [3.8, 4) is 11.4 Å². The lowest BCUT2D eigenvalue weighted by Crippen LogP contribution is -2.31. The molecule has 0 spiro atoms. The standard InChI is InChI=1S/C26H23ClN4O3/c1-2-25(32)29-13-11-20(16-29)31-22-10-12-28-15-23(22)30(26(31)33)19-8-9-24(21(27)14-19)34-17-18-6-4-3-5-7-18/h2-10,12,14-15,20H,1,11,13,16-17H2. The number of ether oxygens (including phenoxy) is 1. The molecule has 0 saturated carbocycles. The van der Waals surface area contributed by atoms with Crippen LogP contribution in [-0.2, 0) is 11.4 Å². The fourth-order valence-electron chi connectivity index (χ4n) is 4.43. The van der Waals surface area contributed by atoms with Gasteiger partial charge in [0, 0.05) is 19.3 Å². The van der Waals surface area contributed by atoms with E-state index in [4.69, 9.17) is 16.3 Å². The Labute approximate surface area is 201 Å². The fourth-order valence-corrected chi connectivity index (χ4v) is 4.66. The zero-order valence-electron chi connectivity index (χ0n) is 18.4. The summed E-state index contributed by atoms with van der Waals surface area (Å²) in [5.74, 6) is 0.414. The topological polar surface area (TPSA) is 69.4 Å². The molecule has 0 aliphatic carbocycles. The Hall–Kier alpha value is -3.84. The van der Waals surface area contributed by atoms with Crippen molar-refractivity contribution >= 4 is 28.5 Å². The van der Waals surface area contributed by atoms with Crippen molar-refractivity contribution in [3.63, 3.8) is 0 Å². The molecule has 1 amide bonds. The molecule has 0 bridgehead atoms. The monoisotopic (exact) mass is 474 g/mol. The van der Waals surface area contributed by atoms with Crippen LogP contribution in [0.1, 0.15) is 18.0 Å². The van der Waals surface area contributed by atoms with E-state index >= 15 is 0 Å². The van der Waals surface area contributed by atoms with Gasteiger partial charge in [-0.2, -0.15) is 0 Å². The molecular weight excluding hydrogens is 452 g/mol. The van der Waals surface area contributed by atoms with Gasteiger partial charge in [-0.15, -0.1) is 0 Å². The Morgan fingerprint density at radius 1 is 1.18 bits per heavy atom. The van der Waals surface area contributed by atoms with E-state index in [0.717, 1.165) is 11.1 Å². The van der Waals surface area contributed by atoms with Crippen LogP contribution in [0, 0.1) is 0 Å². The molecule has 1 unspecified atom stereocenters. The molecule has 1 atom stereocenters. The lowest BCUT2D eigenvalue weighted by molar-refractivity contribution is -0.125. The minimum Gasteiger partial charge on any atom is -0.487 e. The van der Waals surface area contributed by atoms with Crippen molar-refractivity contribution in [2.75, 3.05) is 13.1 Å². The van der Waals surface area contributed by atoms with Crippen LogP contribution >= 0.6 is 11.6 Å². The maximum absolute atomic E-state index is 13.6. The van der Waals surface area contributed by atoms with Crippen LogP contribution in [0.25, 0.3) is 16.7 Å². The number of hydrogen-bond acceptors (Lipinski definition) is 4. The molecule has 172 valence electrons. The summed E-state index contributed by atoms with van der Waals surface area (Å²) in [5, 5.41) is 0.411. The number of nitrogens with zero attached hydrogens (tertiary/aromatic N) is 4. The molecule has 5 rings (SSSR count). The van der Waals surface area contributed by atoms with E-state index < -0.39 is 0 Å². The van der Waals surface area contributed by atoms with Crippen LogP contribution in [0.3, 0.4) is 0 Å². The number of pyridine rings is 1. The second-order valence-corrected chi connectivity index (χ2v) is 8.58. The summed E-state index contributed by atoms with van der Waals surface area (Å²) >= 11 is 6.54. The Balaban J connectivity index is 1.49. The second kappa shape index (κ2) is 9.19. The number of fused-ring (bicyclic) bond motifs is 1. The van der Waals surface area contributed by atoms with Crippen LogP contribution in [0.15, 0.2) is 84.4 Å². The van der Waals surface area contributed by atoms with Crippen LogP contribution < -0.4 is 10.4 Å². The number of likely N-dealkylation sites (tertiary alicyclic amines) is 1. The number of carbonyl (C=O) groups excluding carboxylic acids is 1. The summed E-state index contributed by atoms with van der Waals surface area (Å²) in [6.45, 7) is 5.00. The molecule has 7 nitrogen and oxygen atoms in total. The van der Waals surface area contributed by atoms with Gasteiger partial charge in [-0.3, -0.25) is 18.9 Å². The van der Waals surface area contributed by atoms with Crippen molar-refractivity contribution in [2.45, 2.75) is 19.1 Å². The van der Waals surface area contributed by atoms with Crippen molar-refractivity contribution in [3.05, 3.63) is 101 Å². The third-order valence-electron chi connectivity index (χ3n) is 6.10. The number of amides is 1. The Morgan fingerprint density at radius 2 is 2.00 bits per heavy atom. The van der Waals surface area contributed by atoms with E-state index in [9.17, 15) is 9.59 Å². The highest BCUT2D eigenvalue weighted by atomic mass is 35.5. The summed E-state index contributed by atoms with van der Waals surface area (Å²) in [4.78, 5) is 31.6. The zero-order valence-corrected chi connectivity index (χ0v) is 19.2. The van der Waals surface area contributed by atoms with Crippen molar-refractivity contribution < 1.29 is 9.53 Å². The average Bonchev–Trinajstić information content (AvgIpc) is 3.45. The highest BCUT2D eigenvalue weighted by Crippen LogP contribution is 2.30. The summed E-state index contributed by atoms with van der Waals surface area (Å²) in [7, 11) is 0. The number of imidazole rings is 1. The SMILES string of the molecule is C=CC(=O)N1CCC(n2c(=O)n(-c3ccc(OCc4ccccc4)c(Cl)c3)c3cnccc32)C1. The molecule has 0 N–H and O–H groups in total. The number of hydrogen-bond donors (Lipinski definition) is 0. The normalized spacial score (nSPS) is 15.6. The number of carbonyl (C=O) groups is 1. The van der Waals surface area contributed by atoms with Gasteiger partial charge >= 0.3 is 5.69 Å². The van der Waals surface area contributed by atoms with Crippen LogP contribution in [0.2, 0.25) is 5.02 Å². The quantitative estimate of drug-likeness (QED) is 0.389. The first-order valence-corrected chi connectivity index (χ1v) is 11.4. The minimum atomic E-state index is -0.199. The summed E-state index contributed by atoms with van der Waals surface area (Å²) in [5.41, 5.74) is 2.90. The second-order valence-electron chi connectivity index (χ2n) is 8.17. The van der Waals surface area contributed by atoms with Gasteiger partial charge in [-0.1, -0.05) is 48.5 Å². The molecule has 2 aromatic heterocycles. The lowest BCUT2D eigenvalue weighted by atomic mass is 10.2. The largest absolute Gasteiger partial charge is 0.487 e. The first kappa shape index (κ1) is 22.0. The van der Waals surface area contributed by atoms with Gasteiger partial charge in [-0.05, 0) is 42.3 Å². The molecule has 4 aromatic rings. The molecule has 3 heterocycles. The van der Waals surface area contributed by atoms with Gasteiger partial charge in [0.1, 0.15) is 12.4 Å². The molecule has 0 radical (unpaired) electrons. The molecule has 34 heavy (non-hydrogen) atoms. The van der Waals surface area contributed by atoms with Gasteiger partial charge in [0.05, 0.1) is 34.0 Å². The third-order valence-corrected chi connectivity index (χ3v) is 6.40. The molecule has 1 saturated heterocycles. The summed E-state index contributed by atoms with van der Waals surface area (Å²) in [6, 6.07) is 16.8. The van der Waals surface area contributed by atoms with E-state index in [1.54, 1.807) is 38.6 Å². The first-order valence-electron chi connectivity index (χ1n) is 11.0. The number of aromatic nitrogens is 3. The van der Waals surface area contributed by atoms with Gasteiger partial charge in [-0.25, -0.2) is 4.79 Å². The third kappa shape index (κ3) is 3.99. The maximum Gasteiger partial charge on any atom is 0.334 e. The van der Waals surface area contributed by atoms with Gasteiger partial charge < -0.3 is 9.64 Å². The van der Waals surface area contributed by atoms with E-state index in [-0.39, 0.29) is 17.6 Å². The van der Waals surface area contributed by atoms with E-state index in [1.165, 1.54) is 6.08 Å². The molecular formula is C26H23ClN4O3. The van der Waals surface area contributed by atoms with E-state index in [0.29, 0.717) is 48.1 Å². The van der Waals surface area contributed by atoms with Crippen molar-refractivity contribution in [1.82, 2.24) is 19.0 Å². The smallest absolute Gasteiger partial charge is 0.334 e. The summed E-state index contributed by atoms with van der Waals surface area (Å²) in [6.07, 6.45) is 5.33. The van der Waals surface area contributed by atoms with Crippen molar-refractivity contribution in [1.29, 1.82) is 0 Å². The zero-order chi connectivity index (χ0) is 23.7. The predicted octanol–water partition coefficient (Wildman–Crippen LogP) is 4.38. The predicted molar refractivity (Wildman–Crippen MR) is 132 cm³/mol. The highest BCUT2D eigenvalue weighted by Gasteiger charge is 2.30. The Kier molecular flexibility index (Phi) is 5.94. The molecule has 1 aliphatic heterocycles. The molecule has 1 aliphatic rings. The van der Waals surface area contributed by atoms with Crippen molar-refractivity contribution in [2.24, 2.45) is 0 Å². The lowest BCUT2D eigenvalue weighted by Gasteiger charge is -2.15. The Morgan fingerprint density at radius 3 is 2.76 bits per heavy atom. The highest BCUT2D eigenvalue weighted by molar-refractivity contribution is 6.32. The fraction of sp³-hybridized carbons (Fsp3) is 0.192. The Bertz CT molecular complexity index is 1430. The number of rotatable bonds is 6. The first-order chi connectivity index (χ1) is 16.6. The van der Waals surface area contributed by atoms with Gasteiger partial charge in [0.15, 0.2) is 0 Å². The van der Waals surface area contributed by atoms with E-state index in [2.05, 4.69) is 11.6 Å². The summed E-state index contributed by atoms with van der Waals surface area (Å²) < 4.78 is 9.24. The van der Waals surface area contributed by atoms with Crippen LogP contribution in [0.5, 0.6) is 5.75 Å². The van der Waals surface area contributed by atoms with Crippen LogP contribution in [-0.4, -0.2) is 38.0 Å². The average molecular weight is 475 g/mol. The molecule has 2 aromatic carbocycles. The van der Waals surface area contributed by atoms with Gasteiger partial charge in [0.25, 0.3) is 0 Å². The number of benzene rings is 2. The maximum atomic E-state index is 13.6. The molecule has 1 fully saturated rings. The van der Waals surface area contributed by atoms with Gasteiger partial charge in [0.2, 0.25) is 5.91 Å². The van der Waals surface area contributed by atoms with Crippen LogP contribution in [0.4, 0.5) is 0 Å².